The van der Waals surface area contributed by atoms with Gasteiger partial charge >= 0.3 is 0 Å². The Morgan fingerprint density at radius 3 is 2.88 bits per heavy atom. The Labute approximate surface area is 144 Å². The van der Waals surface area contributed by atoms with Crippen molar-refractivity contribution in [1.29, 1.82) is 0 Å². The van der Waals surface area contributed by atoms with Gasteiger partial charge in [-0.05, 0) is 55.1 Å². The number of amidine groups is 1. The molecule has 2 aromatic carbocycles. The molecule has 0 amide bonds. The summed E-state index contributed by atoms with van der Waals surface area (Å²) in [5.74, 6) is 1.95. The van der Waals surface area contributed by atoms with Crippen LogP contribution in [-0.2, 0) is 6.42 Å². The molecule has 0 bridgehead atoms. The summed E-state index contributed by atoms with van der Waals surface area (Å²) in [5, 5.41) is 6.25. The summed E-state index contributed by atoms with van der Waals surface area (Å²) in [6.07, 6.45) is 4.98. The third kappa shape index (κ3) is 3.46. The van der Waals surface area contributed by atoms with Gasteiger partial charge in [-0.3, -0.25) is 4.99 Å². The van der Waals surface area contributed by atoms with Crippen molar-refractivity contribution in [2.24, 2.45) is 10.9 Å². The molecule has 1 atom stereocenters. The average Bonchev–Trinajstić information content (AvgIpc) is 3.06. The molecule has 1 N–H and O–H groups in total. The average molecular weight is 321 g/mol. The first-order chi connectivity index (χ1) is 11.9. The first-order valence-corrected chi connectivity index (χ1v) is 9.37. The monoisotopic (exact) mass is 321 g/mol. The Bertz CT molecular complexity index is 717. The fraction of sp³-hybridized carbons (Fsp3) is 0.476. The van der Waals surface area contributed by atoms with E-state index >= 15 is 0 Å². The van der Waals surface area contributed by atoms with Gasteiger partial charge in [0.25, 0.3) is 0 Å². The lowest BCUT2D eigenvalue weighted by molar-refractivity contribution is 0.287. The Morgan fingerprint density at radius 2 is 1.96 bits per heavy atom. The summed E-state index contributed by atoms with van der Waals surface area (Å²) in [6.45, 7) is 5.61. The second kappa shape index (κ2) is 7.35. The fourth-order valence-electron chi connectivity index (χ4n) is 4.13. The van der Waals surface area contributed by atoms with Gasteiger partial charge in [-0.15, -0.1) is 0 Å². The quantitative estimate of drug-likeness (QED) is 0.933. The minimum absolute atomic E-state index is 0.662. The zero-order valence-corrected chi connectivity index (χ0v) is 14.4. The highest BCUT2D eigenvalue weighted by Crippen LogP contribution is 2.22. The Kier molecular flexibility index (Phi) is 4.79. The highest BCUT2D eigenvalue weighted by molar-refractivity contribution is 5.86. The number of benzene rings is 2. The van der Waals surface area contributed by atoms with Crippen molar-refractivity contribution in [3.63, 3.8) is 0 Å². The smallest absolute Gasteiger partial charge is 0.0996 e. The Morgan fingerprint density at radius 1 is 1.04 bits per heavy atom. The van der Waals surface area contributed by atoms with Gasteiger partial charge in [-0.2, -0.15) is 0 Å². The zero-order valence-electron chi connectivity index (χ0n) is 14.4. The van der Waals surface area contributed by atoms with Crippen LogP contribution in [0.4, 0.5) is 0 Å². The number of likely N-dealkylation sites (tertiary alicyclic amines) is 1. The molecule has 1 fully saturated rings. The van der Waals surface area contributed by atoms with Gasteiger partial charge in [-0.25, -0.2) is 0 Å². The number of hydrogen-bond acceptors (Lipinski definition) is 3. The minimum Gasteiger partial charge on any atom is -0.372 e. The number of nitrogens with zero attached hydrogens (tertiary/aromatic N) is 2. The van der Waals surface area contributed by atoms with Crippen LogP contribution in [-0.4, -0.2) is 43.5 Å². The number of rotatable bonds is 4. The predicted octanol–water partition coefficient (Wildman–Crippen LogP) is 3.49. The first-order valence-electron chi connectivity index (χ1n) is 9.37. The molecule has 24 heavy (non-hydrogen) atoms. The van der Waals surface area contributed by atoms with Crippen molar-refractivity contribution in [1.82, 2.24) is 10.2 Å². The molecule has 0 aromatic heterocycles. The molecule has 0 aliphatic carbocycles. The van der Waals surface area contributed by atoms with Gasteiger partial charge < -0.3 is 10.2 Å². The van der Waals surface area contributed by atoms with E-state index in [0.717, 1.165) is 19.5 Å². The van der Waals surface area contributed by atoms with E-state index in [0.29, 0.717) is 5.92 Å². The summed E-state index contributed by atoms with van der Waals surface area (Å²) in [4.78, 5) is 7.29. The van der Waals surface area contributed by atoms with Crippen LogP contribution >= 0.6 is 0 Å². The standard InChI is InChI=1S/C21H27N3/c1-2-9-20-17(5-1)6-3-7-18(20)10-15-24-14-4-8-19(11-16-24)21-22-12-13-23-21/h1-3,5-7,9,19H,4,8,10-16H2,(H,22,23). The van der Waals surface area contributed by atoms with E-state index in [4.69, 9.17) is 0 Å². The van der Waals surface area contributed by atoms with Gasteiger partial charge in [0.1, 0.15) is 0 Å². The topological polar surface area (TPSA) is 27.6 Å². The molecule has 4 rings (SSSR count). The van der Waals surface area contributed by atoms with Crippen molar-refractivity contribution < 1.29 is 0 Å². The maximum atomic E-state index is 4.64. The number of nitrogens with one attached hydrogen (secondary N) is 1. The summed E-state index contributed by atoms with van der Waals surface area (Å²) in [6, 6.07) is 15.4. The van der Waals surface area contributed by atoms with E-state index in [-0.39, 0.29) is 0 Å². The van der Waals surface area contributed by atoms with E-state index in [9.17, 15) is 0 Å². The van der Waals surface area contributed by atoms with Gasteiger partial charge in [0.05, 0.1) is 12.4 Å². The van der Waals surface area contributed by atoms with Crippen molar-refractivity contribution in [3.8, 4) is 0 Å². The lowest BCUT2D eigenvalue weighted by atomic mass is 9.99. The molecule has 0 saturated carbocycles. The van der Waals surface area contributed by atoms with E-state index in [1.807, 2.05) is 0 Å². The molecular formula is C21H27N3. The maximum absolute atomic E-state index is 4.64. The molecular weight excluding hydrogens is 294 g/mol. The molecule has 2 aliphatic rings. The van der Waals surface area contributed by atoms with E-state index in [1.165, 1.54) is 61.1 Å². The van der Waals surface area contributed by atoms with Crippen molar-refractivity contribution in [2.75, 3.05) is 32.7 Å². The molecule has 2 aromatic rings. The lowest BCUT2D eigenvalue weighted by Gasteiger charge is -2.20. The van der Waals surface area contributed by atoms with Crippen LogP contribution in [0.3, 0.4) is 0 Å². The van der Waals surface area contributed by atoms with Gasteiger partial charge in [0, 0.05) is 19.0 Å². The normalized spacial score (nSPS) is 22.2. The molecule has 126 valence electrons. The number of fused-ring (bicyclic) bond motifs is 1. The second-order valence-electron chi connectivity index (χ2n) is 7.05. The van der Waals surface area contributed by atoms with Crippen LogP contribution in [0.25, 0.3) is 10.8 Å². The molecule has 0 radical (unpaired) electrons. The summed E-state index contributed by atoms with van der Waals surface area (Å²) < 4.78 is 0. The SMILES string of the molecule is c1ccc2c(CCN3CCCC(C4=NCCN4)CC3)cccc2c1. The maximum Gasteiger partial charge on any atom is 0.0996 e. The summed E-state index contributed by atoms with van der Waals surface area (Å²) >= 11 is 0. The summed E-state index contributed by atoms with van der Waals surface area (Å²) in [5.41, 5.74) is 1.48. The first kappa shape index (κ1) is 15.6. The van der Waals surface area contributed by atoms with Crippen LogP contribution in [0.1, 0.15) is 24.8 Å². The molecule has 3 nitrogen and oxygen atoms in total. The van der Waals surface area contributed by atoms with Crippen LogP contribution < -0.4 is 5.32 Å². The van der Waals surface area contributed by atoms with Gasteiger partial charge in [-0.1, -0.05) is 42.5 Å². The van der Waals surface area contributed by atoms with E-state index in [2.05, 4.69) is 57.7 Å². The van der Waals surface area contributed by atoms with Gasteiger partial charge in [0.2, 0.25) is 0 Å². The fourth-order valence-corrected chi connectivity index (χ4v) is 4.13. The summed E-state index contributed by atoms with van der Waals surface area (Å²) in [7, 11) is 0. The molecule has 2 aliphatic heterocycles. The molecule has 3 heteroatoms. The van der Waals surface area contributed by atoms with Crippen LogP contribution in [0.15, 0.2) is 47.5 Å². The number of hydrogen-bond donors (Lipinski definition) is 1. The van der Waals surface area contributed by atoms with Crippen molar-refractivity contribution >= 4 is 16.6 Å². The molecule has 1 saturated heterocycles. The van der Waals surface area contributed by atoms with Crippen LogP contribution in [0.5, 0.6) is 0 Å². The van der Waals surface area contributed by atoms with Crippen molar-refractivity contribution in [3.05, 3.63) is 48.0 Å². The van der Waals surface area contributed by atoms with Crippen LogP contribution in [0.2, 0.25) is 0 Å². The highest BCUT2D eigenvalue weighted by atomic mass is 15.1. The zero-order chi connectivity index (χ0) is 16.2. The van der Waals surface area contributed by atoms with E-state index < -0.39 is 0 Å². The molecule has 0 spiro atoms. The minimum atomic E-state index is 0.662. The third-order valence-corrected chi connectivity index (χ3v) is 5.48. The molecule has 2 heterocycles. The Balaban J connectivity index is 1.37. The predicted molar refractivity (Wildman–Crippen MR) is 102 cm³/mol. The largest absolute Gasteiger partial charge is 0.372 e. The lowest BCUT2D eigenvalue weighted by Crippen LogP contribution is -2.30. The highest BCUT2D eigenvalue weighted by Gasteiger charge is 2.22. The third-order valence-electron chi connectivity index (χ3n) is 5.48. The van der Waals surface area contributed by atoms with Gasteiger partial charge in [0.15, 0.2) is 0 Å². The molecule has 1 unspecified atom stereocenters. The Hall–Kier alpha value is -1.87. The second-order valence-corrected chi connectivity index (χ2v) is 7.05. The van der Waals surface area contributed by atoms with Crippen molar-refractivity contribution in [2.45, 2.75) is 25.7 Å². The van der Waals surface area contributed by atoms with Crippen LogP contribution in [0, 0.1) is 5.92 Å². The number of aliphatic imine (C=N–C) groups is 1. The van der Waals surface area contributed by atoms with E-state index in [1.54, 1.807) is 0 Å².